The van der Waals surface area contributed by atoms with Crippen LogP contribution in [0.15, 0.2) is 54.6 Å². The zero-order valence-corrected chi connectivity index (χ0v) is 14.5. The maximum atomic E-state index is 13.9. The molecule has 2 aromatic carbocycles. The molecule has 1 amide bonds. The lowest BCUT2D eigenvalue weighted by atomic mass is 10.0. The zero-order valence-electron chi connectivity index (χ0n) is 13.8. The third-order valence-electron chi connectivity index (χ3n) is 4.28. The van der Waals surface area contributed by atoms with Crippen molar-refractivity contribution in [3.63, 3.8) is 0 Å². The van der Waals surface area contributed by atoms with Gasteiger partial charge in [-0.1, -0.05) is 42.0 Å². The molecule has 1 unspecified atom stereocenters. The van der Waals surface area contributed by atoms with Crippen molar-refractivity contribution in [2.75, 3.05) is 10.6 Å². The number of rotatable bonds is 6. The number of para-hydroxylation sites is 2. The van der Waals surface area contributed by atoms with Crippen molar-refractivity contribution in [3.05, 3.63) is 71.0 Å². The van der Waals surface area contributed by atoms with Crippen LogP contribution in [-0.4, -0.2) is 5.91 Å². The molecule has 0 saturated carbocycles. The Balaban J connectivity index is 1.66. The standard InChI is InChI=1S/C20H20ClFN2O/c21-16-8-5-9-17(22)15(16)13-23-18-10-3-4-11-19(18)24-20(25)12-14-6-1-2-7-14/h1,3-6,8-11,14,23H,2,7,12-13H2,(H,24,25). The van der Waals surface area contributed by atoms with Gasteiger partial charge in [0.25, 0.3) is 0 Å². The highest BCUT2D eigenvalue weighted by molar-refractivity contribution is 6.31. The zero-order chi connectivity index (χ0) is 17.6. The Kier molecular flexibility index (Phi) is 5.71. The normalized spacial score (nSPS) is 16.0. The summed E-state index contributed by atoms with van der Waals surface area (Å²) in [4.78, 5) is 12.2. The topological polar surface area (TPSA) is 41.1 Å². The van der Waals surface area contributed by atoms with E-state index in [1.54, 1.807) is 12.1 Å². The Morgan fingerprint density at radius 3 is 2.68 bits per heavy atom. The molecule has 2 N–H and O–H groups in total. The van der Waals surface area contributed by atoms with Crippen molar-refractivity contribution in [3.8, 4) is 0 Å². The number of amides is 1. The highest BCUT2D eigenvalue weighted by Gasteiger charge is 2.15. The second-order valence-electron chi connectivity index (χ2n) is 6.12. The van der Waals surface area contributed by atoms with Gasteiger partial charge < -0.3 is 10.6 Å². The van der Waals surface area contributed by atoms with Crippen molar-refractivity contribution in [1.29, 1.82) is 0 Å². The average Bonchev–Trinajstić information content (AvgIpc) is 3.08. The van der Waals surface area contributed by atoms with Gasteiger partial charge in [-0.2, -0.15) is 0 Å². The Labute approximate surface area is 151 Å². The van der Waals surface area contributed by atoms with Gasteiger partial charge in [-0.05, 0) is 43.0 Å². The minimum atomic E-state index is -0.352. The summed E-state index contributed by atoms with van der Waals surface area (Å²) in [5, 5.41) is 6.47. The molecule has 5 heteroatoms. The van der Waals surface area contributed by atoms with Crippen LogP contribution in [0.25, 0.3) is 0 Å². The maximum absolute atomic E-state index is 13.9. The lowest BCUT2D eigenvalue weighted by Crippen LogP contribution is -2.16. The van der Waals surface area contributed by atoms with E-state index >= 15 is 0 Å². The molecule has 3 nitrogen and oxygen atoms in total. The summed E-state index contributed by atoms with van der Waals surface area (Å²) in [5.41, 5.74) is 1.82. The van der Waals surface area contributed by atoms with E-state index in [0.717, 1.165) is 18.5 Å². The van der Waals surface area contributed by atoms with Gasteiger partial charge >= 0.3 is 0 Å². The SMILES string of the molecule is O=C(CC1C=CCC1)Nc1ccccc1NCc1c(F)cccc1Cl. The number of hydrogen-bond acceptors (Lipinski definition) is 2. The van der Waals surface area contributed by atoms with E-state index in [-0.39, 0.29) is 18.3 Å². The molecule has 0 fully saturated rings. The fraction of sp³-hybridized carbons (Fsp3) is 0.250. The van der Waals surface area contributed by atoms with E-state index < -0.39 is 0 Å². The number of benzene rings is 2. The second-order valence-corrected chi connectivity index (χ2v) is 6.52. The Hall–Kier alpha value is -2.33. The Morgan fingerprint density at radius 2 is 1.96 bits per heavy atom. The minimum absolute atomic E-state index is 0.0188. The second kappa shape index (κ2) is 8.17. The van der Waals surface area contributed by atoms with Gasteiger partial charge in [0.15, 0.2) is 0 Å². The molecule has 2 aromatic rings. The first-order valence-electron chi connectivity index (χ1n) is 8.36. The number of hydrogen-bond donors (Lipinski definition) is 2. The first-order chi connectivity index (χ1) is 12.1. The molecule has 130 valence electrons. The molecular weight excluding hydrogens is 339 g/mol. The molecule has 0 saturated heterocycles. The summed E-state index contributed by atoms with van der Waals surface area (Å²) in [6.45, 7) is 0.240. The summed E-state index contributed by atoms with van der Waals surface area (Å²) in [5.74, 6) is -0.0541. The maximum Gasteiger partial charge on any atom is 0.225 e. The average molecular weight is 359 g/mol. The van der Waals surface area contributed by atoms with Crippen LogP contribution < -0.4 is 10.6 Å². The van der Waals surface area contributed by atoms with Crippen LogP contribution in [0.4, 0.5) is 15.8 Å². The van der Waals surface area contributed by atoms with Gasteiger partial charge in [-0.25, -0.2) is 4.39 Å². The van der Waals surface area contributed by atoms with Crippen molar-refractivity contribution in [2.24, 2.45) is 5.92 Å². The number of allylic oxidation sites excluding steroid dienone is 2. The van der Waals surface area contributed by atoms with E-state index in [4.69, 9.17) is 11.6 Å². The number of anilines is 2. The molecule has 0 aromatic heterocycles. The van der Waals surface area contributed by atoms with Crippen molar-refractivity contribution in [2.45, 2.75) is 25.8 Å². The highest BCUT2D eigenvalue weighted by atomic mass is 35.5. The van der Waals surface area contributed by atoms with Crippen molar-refractivity contribution < 1.29 is 9.18 Å². The van der Waals surface area contributed by atoms with E-state index in [0.29, 0.717) is 28.6 Å². The van der Waals surface area contributed by atoms with E-state index in [9.17, 15) is 9.18 Å². The first-order valence-corrected chi connectivity index (χ1v) is 8.73. The molecule has 0 radical (unpaired) electrons. The van der Waals surface area contributed by atoms with E-state index in [2.05, 4.69) is 22.8 Å². The van der Waals surface area contributed by atoms with Gasteiger partial charge in [0.2, 0.25) is 5.91 Å². The van der Waals surface area contributed by atoms with Crippen LogP contribution in [0.5, 0.6) is 0 Å². The molecule has 3 rings (SSSR count). The van der Waals surface area contributed by atoms with Gasteiger partial charge in [0.05, 0.1) is 11.4 Å². The molecule has 0 heterocycles. The number of carbonyl (C=O) groups excluding carboxylic acids is 1. The molecule has 1 aliphatic carbocycles. The molecule has 25 heavy (non-hydrogen) atoms. The molecule has 0 spiro atoms. The van der Waals surface area contributed by atoms with Crippen LogP contribution in [0.1, 0.15) is 24.8 Å². The van der Waals surface area contributed by atoms with Crippen molar-refractivity contribution in [1.82, 2.24) is 0 Å². The predicted octanol–water partition coefficient (Wildman–Crippen LogP) is 5.39. The summed E-state index contributed by atoms with van der Waals surface area (Å²) >= 11 is 6.06. The lowest BCUT2D eigenvalue weighted by Gasteiger charge is -2.15. The van der Waals surface area contributed by atoms with Gasteiger partial charge in [0, 0.05) is 23.6 Å². The molecule has 0 bridgehead atoms. The Morgan fingerprint density at radius 1 is 1.16 bits per heavy atom. The van der Waals surface area contributed by atoms with E-state index in [1.807, 2.05) is 24.3 Å². The first kappa shape index (κ1) is 17.5. The van der Waals surface area contributed by atoms with Crippen LogP contribution in [0.2, 0.25) is 5.02 Å². The van der Waals surface area contributed by atoms with Gasteiger partial charge in [-0.3, -0.25) is 4.79 Å². The Bertz CT molecular complexity index is 771. The quantitative estimate of drug-likeness (QED) is 0.680. The van der Waals surface area contributed by atoms with Crippen LogP contribution in [0.3, 0.4) is 0 Å². The fourth-order valence-corrected chi connectivity index (χ4v) is 3.17. The van der Waals surface area contributed by atoms with Crippen molar-refractivity contribution >= 4 is 28.9 Å². The molecule has 0 aliphatic heterocycles. The van der Waals surface area contributed by atoms with Gasteiger partial charge in [-0.15, -0.1) is 0 Å². The summed E-state index contributed by atoms with van der Waals surface area (Å²) in [7, 11) is 0. The number of carbonyl (C=O) groups is 1. The third-order valence-corrected chi connectivity index (χ3v) is 4.63. The number of halogens is 2. The predicted molar refractivity (Wildman–Crippen MR) is 100 cm³/mol. The lowest BCUT2D eigenvalue weighted by molar-refractivity contribution is -0.116. The third kappa shape index (κ3) is 4.60. The molecule has 1 atom stereocenters. The minimum Gasteiger partial charge on any atom is -0.379 e. The van der Waals surface area contributed by atoms with Crippen LogP contribution >= 0.6 is 11.6 Å². The van der Waals surface area contributed by atoms with Crippen LogP contribution in [0, 0.1) is 11.7 Å². The molecule has 1 aliphatic rings. The largest absolute Gasteiger partial charge is 0.379 e. The summed E-state index contributed by atoms with van der Waals surface area (Å²) in [6, 6.07) is 12.0. The van der Waals surface area contributed by atoms with E-state index in [1.165, 1.54) is 6.07 Å². The van der Waals surface area contributed by atoms with Gasteiger partial charge in [0.1, 0.15) is 5.82 Å². The van der Waals surface area contributed by atoms with Crippen LogP contribution in [-0.2, 0) is 11.3 Å². The smallest absolute Gasteiger partial charge is 0.225 e. The number of nitrogens with one attached hydrogen (secondary N) is 2. The monoisotopic (exact) mass is 358 g/mol. The summed E-state index contributed by atoms with van der Waals surface area (Å²) in [6.07, 6.45) is 6.76. The fourth-order valence-electron chi connectivity index (χ4n) is 2.94. The summed E-state index contributed by atoms with van der Waals surface area (Å²) < 4.78 is 13.9. The molecular formula is C20H20ClFN2O. The highest BCUT2D eigenvalue weighted by Crippen LogP contribution is 2.26.